The van der Waals surface area contributed by atoms with Gasteiger partial charge < -0.3 is 15.1 Å². The van der Waals surface area contributed by atoms with Gasteiger partial charge in [-0.05, 0) is 30.7 Å². The molecule has 1 heterocycles. The van der Waals surface area contributed by atoms with Crippen molar-refractivity contribution in [2.45, 2.75) is 19.8 Å². The first-order valence-corrected chi connectivity index (χ1v) is 10.2. The van der Waals surface area contributed by atoms with Crippen molar-refractivity contribution >= 4 is 23.6 Å². The molecule has 0 aliphatic heterocycles. The predicted octanol–water partition coefficient (Wildman–Crippen LogP) is 4.54. The summed E-state index contributed by atoms with van der Waals surface area (Å²) in [6, 6.07) is 17.9. The molecule has 0 bridgehead atoms. The summed E-state index contributed by atoms with van der Waals surface area (Å²) in [4.78, 5) is 35.8. The van der Waals surface area contributed by atoms with E-state index in [4.69, 9.17) is 4.42 Å². The van der Waals surface area contributed by atoms with Crippen LogP contribution in [-0.4, -0.2) is 23.3 Å². The van der Waals surface area contributed by atoms with Crippen LogP contribution in [0.4, 0.5) is 5.69 Å². The van der Waals surface area contributed by atoms with Gasteiger partial charge in [0.15, 0.2) is 0 Å². The lowest BCUT2D eigenvalue weighted by molar-refractivity contribution is -0.384. The van der Waals surface area contributed by atoms with Crippen molar-refractivity contribution in [3.63, 3.8) is 0 Å². The first-order chi connectivity index (χ1) is 15.5. The summed E-state index contributed by atoms with van der Waals surface area (Å²) in [5.74, 6) is -0.135. The zero-order chi connectivity index (χ0) is 22.9. The van der Waals surface area contributed by atoms with Gasteiger partial charge in [-0.3, -0.25) is 19.7 Å². The maximum absolute atomic E-state index is 12.7. The number of nitro benzene ring substituents is 1. The molecule has 164 valence electrons. The number of carbonyl (C=O) groups excluding carboxylic acids is 2. The van der Waals surface area contributed by atoms with Crippen molar-refractivity contribution in [1.29, 1.82) is 0 Å². The van der Waals surface area contributed by atoms with Crippen molar-refractivity contribution < 1.29 is 18.9 Å². The Bertz CT molecular complexity index is 1140. The molecule has 2 N–H and O–H groups in total. The van der Waals surface area contributed by atoms with Gasteiger partial charge in [0.1, 0.15) is 17.2 Å². The SMILES string of the molecule is CCCCNC(=O)C(=Cc1ccc(-c2cccc([N+](=O)[O-])c2)o1)NC(=O)c1ccccc1. The minimum absolute atomic E-state index is 0.0369. The van der Waals surface area contributed by atoms with E-state index in [-0.39, 0.29) is 11.4 Å². The Labute approximate surface area is 185 Å². The van der Waals surface area contributed by atoms with Crippen LogP contribution in [0.25, 0.3) is 17.4 Å². The molecule has 0 fully saturated rings. The van der Waals surface area contributed by atoms with E-state index in [1.54, 1.807) is 54.6 Å². The molecule has 0 saturated heterocycles. The summed E-state index contributed by atoms with van der Waals surface area (Å²) < 4.78 is 5.77. The predicted molar refractivity (Wildman–Crippen MR) is 121 cm³/mol. The Morgan fingerprint density at radius 1 is 1.06 bits per heavy atom. The topological polar surface area (TPSA) is 114 Å². The Kier molecular flexibility index (Phi) is 7.53. The lowest BCUT2D eigenvalue weighted by Crippen LogP contribution is -2.35. The molecule has 3 aromatic rings. The van der Waals surface area contributed by atoms with Crippen molar-refractivity contribution in [2.24, 2.45) is 0 Å². The van der Waals surface area contributed by atoms with Gasteiger partial charge in [-0.2, -0.15) is 0 Å². The van der Waals surface area contributed by atoms with E-state index in [9.17, 15) is 19.7 Å². The van der Waals surface area contributed by atoms with Crippen molar-refractivity contribution in [3.05, 3.63) is 93.9 Å². The molecule has 8 heteroatoms. The number of nitrogens with one attached hydrogen (secondary N) is 2. The second-order valence-corrected chi connectivity index (χ2v) is 7.00. The molecule has 0 aliphatic rings. The molecule has 32 heavy (non-hydrogen) atoms. The number of hydrogen-bond acceptors (Lipinski definition) is 5. The number of furan rings is 1. The van der Waals surface area contributed by atoms with Crippen LogP contribution in [0.15, 0.2) is 76.8 Å². The van der Waals surface area contributed by atoms with Crippen LogP contribution in [-0.2, 0) is 4.79 Å². The number of nitrogens with zero attached hydrogens (tertiary/aromatic N) is 1. The van der Waals surface area contributed by atoms with Crippen molar-refractivity contribution in [1.82, 2.24) is 10.6 Å². The van der Waals surface area contributed by atoms with Gasteiger partial charge in [-0.15, -0.1) is 0 Å². The number of nitro groups is 1. The minimum Gasteiger partial charge on any atom is -0.457 e. The highest BCUT2D eigenvalue weighted by Gasteiger charge is 2.16. The molecule has 0 saturated carbocycles. The number of unbranched alkanes of at least 4 members (excludes halogenated alkanes) is 1. The molecule has 2 aromatic carbocycles. The largest absolute Gasteiger partial charge is 0.457 e. The molecule has 3 rings (SSSR count). The van der Waals surface area contributed by atoms with Gasteiger partial charge in [0.05, 0.1) is 4.92 Å². The number of hydrogen-bond donors (Lipinski definition) is 2. The van der Waals surface area contributed by atoms with Gasteiger partial charge in [-0.25, -0.2) is 0 Å². The van der Waals surface area contributed by atoms with E-state index in [0.717, 1.165) is 12.8 Å². The summed E-state index contributed by atoms with van der Waals surface area (Å²) >= 11 is 0. The summed E-state index contributed by atoms with van der Waals surface area (Å²) in [5, 5.41) is 16.4. The Hall–Kier alpha value is -4.20. The van der Waals surface area contributed by atoms with E-state index < -0.39 is 16.7 Å². The van der Waals surface area contributed by atoms with E-state index in [0.29, 0.717) is 29.2 Å². The zero-order valence-electron chi connectivity index (χ0n) is 17.5. The Balaban J connectivity index is 1.86. The second-order valence-electron chi connectivity index (χ2n) is 7.00. The van der Waals surface area contributed by atoms with Crippen LogP contribution in [0, 0.1) is 10.1 Å². The van der Waals surface area contributed by atoms with Crippen LogP contribution in [0.1, 0.15) is 35.9 Å². The lowest BCUT2D eigenvalue weighted by atomic mass is 10.1. The van der Waals surface area contributed by atoms with E-state index in [1.165, 1.54) is 18.2 Å². The van der Waals surface area contributed by atoms with E-state index in [2.05, 4.69) is 10.6 Å². The van der Waals surface area contributed by atoms with Crippen LogP contribution < -0.4 is 10.6 Å². The fraction of sp³-hybridized carbons (Fsp3) is 0.167. The smallest absolute Gasteiger partial charge is 0.270 e. The first kappa shape index (κ1) is 22.5. The molecular weight excluding hydrogens is 410 g/mol. The third-order valence-electron chi connectivity index (χ3n) is 4.60. The molecule has 2 amide bonds. The maximum Gasteiger partial charge on any atom is 0.270 e. The molecule has 8 nitrogen and oxygen atoms in total. The van der Waals surface area contributed by atoms with Crippen LogP contribution in [0.5, 0.6) is 0 Å². The van der Waals surface area contributed by atoms with Crippen molar-refractivity contribution in [3.8, 4) is 11.3 Å². The minimum atomic E-state index is -0.481. The van der Waals surface area contributed by atoms with E-state index in [1.807, 2.05) is 6.92 Å². The number of amides is 2. The van der Waals surface area contributed by atoms with Crippen molar-refractivity contribution in [2.75, 3.05) is 6.54 Å². The third-order valence-corrected chi connectivity index (χ3v) is 4.60. The molecule has 0 spiro atoms. The average Bonchev–Trinajstić information content (AvgIpc) is 3.28. The number of rotatable bonds is 9. The number of benzene rings is 2. The zero-order valence-corrected chi connectivity index (χ0v) is 17.5. The normalized spacial score (nSPS) is 11.1. The third kappa shape index (κ3) is 5.91. The molecule has 0 atom stereocenters. The molecule has 0 aliphatic carbocycles. The van der Waals surface area contributed by atoms with Crippen LogP contribution in [0.3, 0.4) is 0 Å². The molecular formula is C24H23N3O5. The second kappa shape index (κ2) is 10.7. The average molecular weight is 433 g/mol. The fourth-order valence-electron chi connectivity index (χ4n) is 2.92. The highest BCUT2D eigenvalue weighted by atomic mass is 16.6. The summed E-state index contributed by atoms with van der Waals surface area (Å²) in [6.45, 7) is 2.49. The highest BCUT2D eigenvalue weighted by molar-refractivity contribution is 6.05. The fourth-order valence-corrected chi connectivity index (χ4v) is 2.92. The van der Waals surface area contributed by atoms with Gasteiger partial charge in [0.25, 0.3) is 17.5 Å². The summed E-state index contributed by atoms with van der Waals surface area (Å²) in [7, 11) is 0. The monoisotopic (exact) mass is 433 g/mol. The standard InChI is InChI=1S/C24H23N3O5/c1-2-3-14-25-24(29)21(26-23(28)17-8-5-4-6-9-17)16-20-12-13-22(32-20)18-10-7-11-19(15-18)27(30)31/h4-13,15-16H,2-3,14H2,1H3,(H,25,29)(H,26,28). The first-order valence-electron chi connectivity index (χ1n) is 10.2. The highest BCUT2D eigenvalue weighted by Crippen LogP contribution is 2.26. The van der Waals surface area contributed by atoms with Gasteiger partial charge in [-0.1, -0.05) is 43.7 Å². The summed E-state index contributed by atoms with van der Waals surface area (Å²) in [6.07, 6.45) is 3.16. The Morgan fingerprint density at radius 2 is 1.84 bits per heavy atom. The quantitative estimate of drug-likeness (QED) is 0.222. The molecule has 0 radical (unpaired) electrons. The van der Waals surface area contributed by atoms with Crippen LogP contribution >= 0.6 is 0 Å². The molecule has 1 aromatic heterocycles. The lowest BCUT2D eigenvalue weighted by Gasteiger charge is -2.10. The Morgan fingerprint density at radius 3 is 2.56 bits per heavy atom. The van der Waals surface area contributed by atoms with Gasteiger partial charge in [0, 0.05) is 35.9 Å². The number of non-ortho nitro benzene ring substituents is 1. The van der Waals surface area contributed by atoms with Gasteiger partial charge in [0.2, 0.25) is 0 Å². The van der Waals surface area contributed by atoms with Gasteiger partial charge >= 0.3 is 0 Å². The molecule has 0 unspecified atom stereocenters. The van der Waals surface area contributed by atoms with E-state index >= 15 is 0 Å². The number of carbonyl (C=O) groups is 2. The maximum atomic E-state index is 12.7. The van der Waals surface area contributed by atoms with Crippen LogP contribution in [0.2, 0.25) is 0 Å². The summed E-state index contributed by atoms with van der Waals surface area (Å²) in [5.41, 5.74) is 0.926.